The minimum atomic E-state index is -0.166. The van der Waals surface area contributed by atoms with Crippen LogP contribution in [-0.2, 0) is 4.74 Å². The molecule has 0 bridgehead atoms. The lowest BCUT2D eigenvalue weighted by molar-refractivity contribution is 0.0878. The molecule has 2 fully saturated rings. The summed E-state index contributed by atoms with van der Waals surface area (Å²) in [4.78, 5) is 13.7. The van der Waals surface area contributed by atoms with Crippen LogP contribution in [0.25, 0.3) is 0 Å². The normalized spacial score (nSPS) is 27.6. The molecule has 21 heavy (non-hydrogen) atoms. The number of carbonyl (C=O) groups excluding carboxylic acids is 1. The molecule has 1 aliphatic carbocycles. The summed E-state index contributed by atoms with van der Waals surface area (Å²) in [7, 11) is 1.48. The molecule has 1 saturated heterocycles. The Kier molecular flexibility index (Phi) is 6.81. The van der Waals surface area contributed by atoms with Crippen LogP contribution in [0.2, 0.25) is 0 Å². The zero-order chi connectivity index (χ0) is 15.1. The molecule has 2 aliphatic rings. The molecule has 1 amide bonds. The molecule has 4 nitrogen and oxygen atoms in total. The van der Waals surface area contributed by atoms with Gasteiger partial charge in [-0.1, -0.05) is 32.6 Å². The first kappa shape index (κ1) is 16.6. The van der Waals surface area contributed by atoms with E-state index in [0.717, 1.165) is 25.6 Å². The van der Waals surface area contributed by atoms with Crippen molar-refractivity contribution in [2.45, 2.75) is 64.3 Å². The SMILES string of the molecule is CCCC1CC(NCC2CCCCC2)CN(C(=O)OC)C1. The van der Waals surface area contributed by atoms with Gasteiger partial charge >= 0.3 is 6.09 Å². The van der Waals surface area contributed by atoms with E-state index in [2.05, 4.69) is 12.2 Å². The van der Waals surface area contributed by atoms with Gasteiger partial charge in [0.05, 0.1) is 7.11 Å². The fourth-order valence-corrected chi connectivity index (χ4v) is 3.97. The van der Waals surface area contributed by atoms with E-state index in [1.54, 1.807) is 0 Å². The average molecular weight is 296 g/mol. The third-order valence-corrected chi connectivity index (χ3v) is 5.09. The first-order valence-corrected chi connectivity index (χ1v) is 8.79. The molecule has 0 aromatic rings. The van der Waals surface area contributed by atoms with Crippen LogP contribution in [-0.4, -0.2) is 43.8 Å². The second kappa shape index (κ2) is 8.62. The fourth-order valence-electron chi connectivity index (χ4n) is 3.97. The topological polar surface area (TPSA) is 41.6 Å². The Morgan fingerprint density at radius 3 is 2.62 bits per heavy atom. The highest BCUT2D eigenvalue weighted by molar-refractivity contribution is 5.67. The maximum atomic E-state index is 11.8. The van der Waals surface area contributed by atoms with E-state index in [-0.39, 0.29) is 6.09 Å². The summed E-state index contributed by atoms with van der Waals surface area (Å²) in [5.74, 6) is 1.46. The molecule has 122 valence electrons. The van der Waals surface area contributed by atoms with E-state index in [4.69, 9.17) is 4.74 Å². The summed E-state index contributed by atoms with van der Waals surface area (Å²) < 4.78 is 4.92. The van der Waals surface area contributed by atoms with Gasteiger partial charge in [-0.2, -0.15) is 0 Å². The van der Waals surface area contributed by atoms with Crippen LogP contribution in [0.1, 0.15) is 58.3 Å². The molecule has 0 aromatic carbocycles. The third-order valence-electron chi connectivity index (χ3n) is 5.09. The highest BCUT2D eigenvalue weighted by Gasteiger charge is 2.30. The van der Waals surface area contributed by atoms with Gasteiger partial charge in [0.1, 0.15) is 0 Å². The number of ether oxygens (including phenoxy) is 1. The summed E-state index contributed by atoms with van der Waals surface area (Å²) in [6.45, 7) is 5.02. The average Bonchev–Trinajstić information content (AvgIpc) is 2.53. The van der Waals surface area contributed by atoms with Gasteiger partial charge in [0.2, 0.25) is 0 Å². The van der Waals surface area contributed by atoms with E-state index in [9.17, 15) is 4.79 Å². The Hall–Kier alpha value is -0.770. The van der Waals surface area contributed by atoms with Gasteiger partial charge < -0.3 is 15.0 Å². The van der Waals surface area contributed by atoms with Crippen molar-refractivity contribution in [2.24, 2.45) is 11.8 Å². The van der Waals surface area contributed by atoms with E-state index in [1.165, 1.54) is 58.5 Å². The number of nitrogens with zero attached hydrogens (tertiary/aromatic N) is 1. The number of hydrogen-bond donors (Lipinski definition) is 1. The highest BCUT2D eigenvalue weighted by atomic mass is 16.5. The number of methoxy groups -OCH3 is 1. The predicted molar refractivity (Wildman–Crippen MR) is 85.4 cm³/mol. The Balaban J connectivity index is 1.82. The maximum absolute atomic E-state index is 11.8. The summed E-state index contributed by atoms with van der Waals surface area (Å²) in [6.07, 6.45) is 10.4. The minimum absolute atomic E-state index is 0.166. The molecular weight excluding hydrogens is 264 g/mol. The van der Waals surface area contributed by atoms with Gasteiger partial charge in [0.25, 0.3) is 0 Å². The molecule has 1 heterocycles. The molecule has 2 atom stereocenters. The zero-order valence-corrected chi connectivity index (χ0v) is 13.8. The van der Waals surface area contributed by atoms with E-state index >= 15 is 0 Å². The first-order chi connectivity index (χ1) is 10.2. The number of nitrogens with one attached hydrogen (secondary N) is 1. The number of amides is 1. The lowest BCUT2D eigenvalue weighted by Crippen LogP contribution is -2.52. The van der Waals surface area contributed by atoms with Crippen molar-refractivity contribution in [1.82, 2.24) is 10.2 Å². The van der Waals surface area contributed by atoms with Crippen LogP contribution in [0, 0.1) is 11.8 Å². The number of rotatable bonds is 5. The van der Waals surface area contributed by atoms with Crippen molar-refractivity contribution in [1.29, 1.82) is 0 Å². The Morgan fingerprint density at radius 1 is 1.19 bits per heavy atom. The number of likely N-dealkylation sites (tertiary alicyclic amines) is 1. The first-order valence-electron chi connectivity index (χ1n) is 8.79. The van der Waals surface area contributed by atoms with Gasteiger partial charge in [-0.25, -0.2) is 4.79 Å². The Labute approximate surface area is 129 Å². The Bertz CT molecular complexity index is 316. The summed E-state index contributed by atoms with van der Waals surface area (Å²) in [5, 5.41) is 3.74. The second-order valence-electron chi connectivity index (χ2n) is 6.87. The molecule has 0 spiro atoms. The predicted octanol–water partition coefficient (Wildman–Crippen LogP) is 3.41. The number of carbonyl (C=O) groups is 1. The smallest absolute Gasteiger partial charge is 0.409 e. The van der Waals surface area contributed by atoms with E-state index in [0.29, 0.717) is 12.0 Å². The summed E-state index contributed by atoms with van der Waals surface area (Å²) >= 11 is 0. The number of hydrogen-bond acceptors (Lipinski definition) is 3. The molecule has 2 rings (SSSR count). The van der Waals surface area contributed by atoms with Crippen LogP contribution < -0.4 is 5.32 Å². The van der Waals surface area contributed by atoms with Crippen molar-refractivity contribution in [3.05, 3.63) is 0 Å². The molecular formula is C17H32N2O2. The molecule has 1 N–H and O–H groups in total. The molecule has 0 radical (unpaired) electrons. The lowest BCUT2D eigenvalue weighted by Gasteiger charge is -2.38. The molecule has 1 saturated carbocycles. The van der Waals surface area contributed by atoms with Crippen molar-refractivity contribution < 1.29 is 9.53 Å². The van der Waals surface area contributed by atoms with Crippen molar-refractivity contribution in [3.8, 4) is 0 Å². The van der Waals surface area contributed by atoms with Gasteiger partial charge in [-0.05, 0) is 44.1 Å². The van der Waals surface area contributed by atoms with Gasteiger partial charge in [-0.15, -0.1) is 0 Å². The fraction of sp³-hybridized carbons (Fsp3) is 0.941. The zero-order valence-electron chi connectivity index (χ0n) is 13.8. The third kappa shape index (κ3) is 5.17. The van der Waals surface area contributed by atoms with E-state index in [1.807, 2.05) is 4.90 Å². The highest BCUT2D eigenvalue weighted by Crippen LogP contribution is 2.25. The van der Waals surface area contributed by atoms with Gasteiger partial charge in [-0.3, -0.25) is 0 Å². The van der Waals surface area contributed by atoms with Crippen LogP contribution in [0.5, 0.6) is 0 Å². The maximum Gasteiger partial charge on any atom is 0.409 e. The molecule has 4 heteroatoms. The second-order valence-corrected chi connectivity index (χ2v) is 6.87. The van der Waals surface area contributed by atoms with Crippen LogP contribution in [0.15, 0.2) is 0 Å². The molecule has 2 unspecified atom stereocenters. The summed E-state index contributed by atoms with van der Waals surface area (Å²) in [5.41, 5.74) is 0. The van der Waals surface area contributed by atoms with Crippen molar-refractivity contribution >= 4 is 6.09 Å². The van der Waals surface area contributed by atoms with Crippen LogP contribution >= 0.6 is 0 Å². The van der Waals surface area contributed by atoms with Gasteiger partial charge in [0.15, 0.2) is 0 Å². The standard InChI is InChI=1S/C17H32N2O2/c1-3-7-15-10-16(13-19(12-15)17(20)21-2)18-11-14-8-5-4-6-9-14/h14-16,18H,3-13H2,1-2H3. The van der Waals surface area contributed by atoms with Crippen LogP contribution in [0.4, 0.5) is 4.79 Å². The largest absolute Gasteiger partial charge is 0.453 e. The lowest BCUT2D eigenvalue weighted by atomic mass is 9.87. The molecule has 1 aliphatic heterocycles. The summed E-state index contributed by atoms with van der Waals surface area (Å²) in [6, 6.07) is 0.441. The number of piperidine rings is 1. The van der Waals surface area contributed by atoms with Crippen molar-refractivity contribution in [3.63, 3.8) is 0 Å². The van der Waals surface area contributed by atoms with Gasteiger partial charge in [0, 0.05) is 19.1 Å². The van der Waals surface area contributed by atoms with Crippen molar-refractivity contribution in [2.75, 3.05) is 26.7 Å². The monoisotopic (exact) mass is 296 g/mol. The Morgan fingerprint density at radius 2 is 1.95 bits per heavy atom. The van der Waals surface area contributed by atoms with E-state index < -0.39 is 0 Å². The van der Waals surface area contributed by atoms with Crippen LogP contribution in [0.3, 0.4) is 0 Å². The quantitative estimate of drug-likeness (QED) is 0.845. The minimum Gasteiger partial charge on any atom is -0.453 e. The molecule has 0 aromatic heterocycles.